The Labute approximate surface area is 356 Å². The molecule has 7 rings (SSSR count). The Balaban J connectivity index is 1.27. The van der Waals surface area contributed by atoms with Crippen LogP contribution >= 0.6 is 0 Å². The van der Waals surface area contributed by atoms with E-state index < -0.39 is 11.9 Å². The van der Waals surface area contributed by atoms with Gasteiger partial charge in [-0.05, 0) is 25.7 Å². The Morgan fingerprint density at radius 1 is 0.613 bits per heavy atom. The van der Waals surface area contributed by atoms with Gasteiger partial charge in [-0.25, -0.2) is 28.9 Å². The van der Waals surface area contributed by atoms with Gasteiger partial charge in [0.25, 0.3) is 0 Å². The van der Waals surface area contributed by atoms with Crippen molar-refractivity contribution in [2.75, 3.05) is 25.7 Å². The number of ether oxygens (including phenoxy) is 2. The number of aryl methyl sites for hydroxylation is 4. The highest BCUT2D eigenvalue weighted by molar-refractivity contribution is 6.01. The summed E-state index contributed by atoms with van der Waals surface area (Å²) in [6.45, 7) is 4.13. The molecule has 0 amide bonds. The Morgan fingerprint density at radius 3 is 1.39 bits per heavy atom. The van der Waals surface area contributed by atoms with Crippen molar-refractivity contribution >= 4 is 46.6 Å². The van der Waals surface area contributed by atoms with E-state index in [0.29, 0.717) is 69.8 Å². The van der Waals surface area contributed by atoms with Gasteiger partial charge in [-0.3, -0.25) is 0 Å². The maximum atomic E-state index is 13.1. The molecule has 0 atom stereocenters. The summed E-state index contributed by atoms with van der Waals surface area (Å²) < 4.78 is 16.1. The average molecular weight is 839 g/mol. The Kier molecular flexibility index (Phi) is 12.6. The van der Waals surface area contributed by atoms with Crippen LogP contribution in [0.1, 0.15) is 71.6 Å². The average Bonchev–Trinajstić information content (AvgIpc) is 4.02. The molecule has 0 aliphatic heterocycles. The minimum atomic E-state index is -0.616. The third-order valence-corrected chi connectivity index (χ3v) is 9.93. The van der Waals surface area contributed by atoms with E-state index in [0.717, 1.165) is 25.7 Å². The molecule has 62 heavy (non-hydrogen) atoms. The van der Waals surface area contributed by atoms with Gasteiger partial charge < -0.3 is 20.9 Å². The van der Waals surface area contributed by atoms with Gasteiger partial charge in [0.05, 0.1) is 25.6 Å². The minimum absolute atomic E-state index is 0.147. The van der Waals surface area contributed by atoms with Crippen LogP contribution in [0.15, 0.2) is 93.5 Å². The summed E-state index contributed by atoms with van der Waals surface area (Å²) in [5.41, 5.74) is 17.8. The minimum Gasteiger partial charge on any atom is -0.465 e. The van der Waals surface area contributed by atoms with E-state index in [9.17, 15) is 9.59 Å². The fourth-order valence-corrected chi connectivity index (χ4v) is 6.73. The molecule has 0 aliphatic carbocycles. The molecule has 5 heterocycles. The van der Waals surface area contributed by atoms with Crippen LogP contribution in [0.5, 0.6) is 0 Å². The standard InChI is InChI=1S/C42H46N16O4/c1-7-9-21-27-35(47-49-39-31(41(59)61-5)33(53-55(39)3)25-17-13-11-14-18-25)37(43)57(51-27)29-23-30(46-24-45-29)58-38(44)36(28(52-58)22-10-8-2)48-50-40-32(42(60)62-6)34(54-56(40)4)26-19-15-12-16-20-26/h11-20,23-24H,7-10,21-22,43-44H2,1-6H3/b49-47+,50-48+. The summed E-state index contributed by atoms with van der Waals surface area (Å²) >= 11 is 0. The van der Waals surface area contributed by atoms with Gasteiger partial charge in [0.1, 0.15) is 28.8 Å². The van der Waals surface area contributed by atoms with Crippen molar-refractivity contribution < 1.29 is 19.1 Å². The lowest BCUT2D eigenvalue weighted by molar-refractivity contribution is 0.0593. The number of nitrogens with two attached hydrogens (primary N) is 2. The number of nitrogen functional groups attached to an aromatic ring is 2. The van der Waals surface area contributed by atoms with E-state index in [2.05, 4.69) is 54.5 Å². The number of methoxy groups -OCH3 is 2. The van der Waals surface area contributed by atoms with E-state index in [-0.39, 0.29) is 34.4 Å². The number of unbranched alkanes of at least 4 members (excludes halogenated alkanes) is 2. The summed E-state index contributed by atoms with van der Waals surface area (Å²) in [7, 11) is 5.93. The first kappa shape index (κ1) is 42.2. The Bertz CT molecular complexity index is 2600. The van der Waals surface area contributed by atoms with E-state index in [1.165, 1.54) is 39.3 Å². The number of carbonyl (C=O) groups excluding carboxylic acids is 2. The van der Waals surface area contributed by atoms with Crippen molar-refractivity contribution in [3.63, 3.8) is 0 Å². The number of nitrogens with zero attached hydrogens (tertiary/aromatic N) is 14. The predicted octanol–water partition coefficient (Wildman–Crippen LogP) is 7.90. The predicted molar refractivity (Wildman–Crippen MR) is 231 cm³/mol. The fraction of sp³-hybridized carbons (Fsp3) is 0.286. The number of aromatic nitrogens is 10. The second-order valence-corrected chi connectivity index (χ2v) is 14.1. The van der Waals surface area contributed by atoms with Gasteiger partial charge in [0, 0.05) is 31.3 Å². The maximum absolute atomic E-state index is 13.1. The second kappa shape index (κ2) is 18.6. The summed E-state index contributed by atoms with van der Waals surface area (Å²) in [5.74, 6) is 0.0141. The van der Waals surface area contributed by atoms with Gasteiger partial charge >= 0.3 is 11.9 Å². The number of anilines is 2. The lowest BCUT2D eigenvalue weighted by Gasteiger charge is -2.06. The number of hydrogen-bond acceptors (Lipinski definition) is 16. The molecule has 2 aromatic carbocycles. The van der Waals surface area contributed by atoms with Gasteiger partial charge in [-0.15, -0.1) is 20.5 Å². The fourth-order valence-electron chi connectivity index (χ4n) is 6.73. The van der Waals surface area contributed by atoms with Crippen molar-refractivity contribution in [1.82, 2.24) is 49.1 Å². The quantitative estimate of drug-likeness (QED) is 0.0696. The molecular weight excluding hydrogens is 793 g/mol. The van der Waals surface area contributed by atoms with E-state index >= 15 is 0 Å². The second-order valence-electron chi connectivity index (χ2n) is 14.1. The first-order chi connectivity index (χ1) is 30.1. The van der Waals surface area contributed by atoms with Gasteiger partial charge in [0.15, 0.2) is 46.3 Å². The summed E-state index contributed by atoms with van der Waals surface area (Å²) in [5, 5.41) is 36.9. The molecular formula is C42H46N16O4. The topological polar surface area (TPSA) is 251 Å². The Morgan fingerprint density at radius 2 is 1.02 bits per heavy atom. The van der Waals surface area contributed by atoms with E-state index in [4.69, 9.17) is 31.1 Å². The molecule has 0 fully saturated rings. The molecule has 20 nitrogen and oxygen atoms in total. The molecule has 20 heteroatoms. The van der Waals surface area contributed by atoms with Crippen molar-refractivity contribution in [2.45, 2.75) is 52.4 Å². The smallest absolute Gasteiger partial charge is 0.344 e. The zero-order valence-corrected chi connectivity index (χ0v) is 35.2. The van der Waals surface area contributed by atoms with Crippen LogP contribution in [-0.2, 0) is 36.4 Å². The summed E-state index contributed by atoms with van der Waals surface area (Å²) in [4.78, 5) is 35.2. The van der Waals surface area contributed by atoms with Crippen LogP contribution in [0.4, 0.5) is 34.6 Å². The Hall–Kier alpha value is -7.90. The van der Waals surface area contributed by atoms with Gasteiger partial charge in [-0.2, -0.15) is 29.8 Å². The van der Waals surface area contributed by atoms with Crippen molar-refractivity contribution in [3.8, 4) is 34.2 Å². The first-order valence-corrected chi connectivity index (χ1v) is 19.9. The summed E-state index contributed by atoms with van der Waals surface area (Å²) in [6, 6.07) is 20.2. The van der Waals surface area contributed by atoms with Crippen LogP contribution in [0.3, 0.4) is 0 Å². The molecule has 5 aromatic heterocycles. The third-order valence-electron chi connectivity index (χ3n) is 9.93. The summed E-state index contributed by atoms with van der Waals surface area (Å²) in [6.07, 6.45) is 5.76. The number of rotatable bonds is 16. The van der Waals surface area contributed by atoms with Crippen molar-refractivity contribution in [3.05, 3.63) is 95.6 Å². The first-order valence-electron chi connectivity index (χ1n) is 19.9. The molecule has 0 radical (unpaired) electrons. The molecule has 0 saturated heterocycles. The van der Waals surface area contributed by atoms with E-state index in [1.807, 2.05) is 60.7 Å². The number of carbonyl (C=O) groups is 2. The SMILES string of the molecule is CCCCc1nn(-c2cc(-n3nc(CCCC)c(/N=N/c4c(C(=O)OC)c(-c5ccccc5)nn4C)c3N)ncn2)c(N)c1/N=N/c1c(C(=O)OC)c(-c2ccccc2)nn1C. The highest BCUT2D eigenvalue weighted by atomic mass is 16.5. The molecule has 7 aromatic rings. The molecule has 318 valence electrons. The molecule has 0 saturated carbocycles. The molecule has 0 spiro atoms. The van der Waals surface area contributed by atoms with Crippen LogP contribution < -0.4 is 11.5 Å². The lowest BCUT2D eigenvalue weighted by Crippen LogP contribution is -2.09. The van der Waals surface area contributed by atoms with Gasteiger partial charge in [0.2, 0.25) is 0 Å². The highest BCUT2D eigenvalue weighted by Gasteiger charge is 2.28. The zero-order chi connectivity index (χ0) is 43.9. The largest absolute Gasteiger partial charge is 0.465 e. The number of azo groups is 2. The number of hydrogen-bond donors (Lipinski definition) is 2. The lowest BCUT2D eigenvalue weighted by atomic mass is 10.1. The van der Waals surface area contributed by atoms with E-state index in [1.54, 1.807) is 20.2 Å². The van der Waals surface area contributed by atoms with Crippen LogP contribution in [0.25, 0.3) is 34.2 Å². The number of esters is 2. The molecule has 0 unspecified atom stereocenters. The van der Waals surface area contributed by atoms with Gasteiger partial charge in [-0.1, -0.05) is 87.4 Å². The van der Waals surface area contributed by atoms with Crippen LogP contribution in [-0.4, -0.2) is 75.2 Å². The molecule has 4 N–H and O–H groups in total. The number of benzene rings is 2. The molecule has 0 aliphatic rings. The monoisotopic (exact) mass is 838 g/mol. The molecule has 0 bridgehead atoms. The van der Waals surface area contributed by atoms with Crippen LogP contribution in [0, 0.1) is 0 Å². The van der Waals surface area contributed by atoms with Crippen molar-refractivity contribution in [1.29, 1.82) is 0 Å². The highest BCUT2D eigenvalue weighted by Crippen LogP contribution is 2.38. The third kappa shape index (κ3) is 8.29. The zero-order valence-electron chi connectivity index (χ0n) is 35.2. The normalized spacial score (nSPS) is 11.6. The van der Waals surface area contributed by atoms with Crippen LogP contribution in [0.2, 0.25) is 0 Å². The van der Waals surface area contributed by atoms with Crippen molar-refractivity contribution in [2.24, 2.45) is 34.6 Å². The maximum Gasteiger partial charge on any atom is 0.344 e.